The lowest BCUT2D eigenvalue weighted by atomic mass is 10.1. The zero-order valence-corrected chi connectivity index (χ0v) is 18.7. The van der Waals surface area contributed by atoms with E-state index in [1.165, 1.54) is 0 Å². The minimum absolute atomic E-state index is 0.0487. The second-order valence-electron chi connectivity index (χ2n) is 7.26. The van der Waals surface area contributed by atoms with Gasteiger partial charge in [0.15, 0.2) is 5.16 Å². The van der Waals surface area contributed by atoms with Crippen LogP contribution in [0.25, 0.3) is 5.69 Å². The van der Waals surface area contributed by atoms with Gasteiger partial charge >= 0.3 is 0 Å². The number of hydrogen-bond donors (Lipinski definition) is 2. The summed E-state index contributed by atoms with van der Waals surface area (Å²) in [6.45, 7) is 0.436. The fourth-order valence-corrected chi connectivity index (χ4v) is 3.93. The van der Waals surface area contributed by atoms with Gasteiger partial charge in [0.05, 0.1) is 11.4 Å². The molecule has 2 N–H and O–H groups in total. The van der Waals surface area contributed by atoms with Gasteiger partial charge in [-0.3, -0.25) is 14.2 Å². The van der Waals surface area contributed by atoms with Gasteiger partial charge in [0.2, 0.25) is 5.91 Å². The van der Waals surface area contributed by atoms with Gasteiger partial charge in [-0.05, 0) is 42.0 Å². The number of rotatable bonds is 8. The number of aromatic nitrogens is 2. The van der Waals surface area contributed by atoms with Gasteiger partial charge in [0.25, 0.3) is 5.91 Å². The minimum atomic E-state index is -0.714. The summed E-state index contributed by atoms with van der Waals surface area (Å²) >= 11 is 1.15. The summed E-state index contributed by atoms with van der Waals surface area (Å²) in [6, 6.07) is 19.5. The van der Waals surface area contributed by atoms with Crippen LogP contribution in [-0.2, 0) is 11.3 Å². The summed E-state index contributed by atoms with van der Waals surface area (Å²) in [5.41, 5.74) is 2.08. The maximum Gasteiger partial charge on any atom is 0.251 e. The molecule has 0 saturated heterocycles. The van der Waals surface area contributed by atoms with Crippen molar-refractivity contribution < 1.29 is 18.4 Å². The van der Waals surface area contributed by atoms with E-state index in [0.717, 1.165) is 41.2 Å². The molecule has 0 bridgehead atoms. The first-order valence-electron chi connectivity index (χ1n) is 10.3. The van der Waals surface area contributed by atoms with Crippen LogP contribution in [0.4, 0.5) is 14.5 Å². The van der Waals surface area contributed by atoms with E-state index in [9.17, 15) is 18.4 Å². The van der Waals surface area contributed by atoms with E-state index < -0.39 is 17.5 Å². The summed E-state index contributed by atoms with van der Waals surface area (Å²) in [5, 5.41) is 5.78. The zero-order chi connectivity index (χ0) is 23.9. The lowest BCUT2D eigenvalue weighted by Gasteiger charge is -2.10. The lowest BCUT2D eigenvalue weighted by Crippen LogP contribution is -2.22. The van der Waals surface area contributed by atoms with Crippen molar-refractivity contribution >= 4 is 29.3 Å². The highest BCUT2D eigenvalue weighted by molar-refractivity contribution is 7.99. The average Bonchev–Trinajstić information content (AvgIpc) is 3.33. The molecule has 172 valence electrons. The van der Waals surface area contributed by atoms with Crippen LogP contribution in [0.5, 0.6) is 0 Å². The van der Waals surface area contributed by atoms with E-state index in [1.54, 1.807) is 41.2 Å². The number of nitrogens with one attached hydrogen (secondary N) is 2. The molecule has 0 spiro atoms. The molecule has 0 radical (unpaired) electrons. The molecule has 2 amide bonds. The van der Waals surface area contributed by atoms with Gasteiger partial charge < -0.3 is 10.6 Å². The van der Waals surface area contributed by atoms with Crippen molar-refractivity contribution in [1.29, 1.82) is 0 Å². The maximum atomic E-state index is 13.7. The van der Waals surface area contributed by atoms with Crippen molar-refractivity contribution in [2.75, 3.05) is 11.1 Å². The largest absolute Gasteiger partial charge is 0.348 e. The Bertz CT molecular complexity index is 1290. The number of hydrogen-bond acceptors (Lipinski definition) is 4. The van der Waals surface area contributed by atoms with E-state index in [-0.39, 0.29) is 17.3 Å². The first-order valence-corrected chi connectivity index (χ1v) is 11.3. The zero-order valence-electron chi connectivity index (χ0n) is 17.9. The third-order valence-corrected chi connectivity index (χ3v) is 5.81. The molecule has 3 aromatic carbocycles. The molecule has 0 unspecified atom stereocenters. The summed E-state index contributed by atoms with van der Waals surface area (Å²) in [6.07, 6.45) is 3.32. The Morgan fingerprint density at radius 1 is 0.971 bits per heavy atom. The summed E-state index contributed by atoms with van der Waals surface area (Å²) in [7, 11) is 0. The highest BCUT2D eigenvalue weighted by atomic mass is 32.2. The van der Waals surface area contributed by atoms with E-state index in [2.05, 4.69) is 15.6 Å². The summed E-state index contributed by atoms with van der Waals surface area (Å²) < 4.78 is 28.8. The van der Waals surface area contributed by atoms with Crippen LogP contribution in [-0.4, -0.2) is 27.1 Å². The second-order valence-corrected chi connectivity index (χ2v) is 8.20. The number of carbonyl (C=O) groups is 2. The Kier molecular flexibility index (Phi) is 7.34. The molecule has 4 aromatic rings. The van der Waals surface area contributed by atoms with E-state index in [0.29, 0.717) is 17.3 Å². The molecule has 9 heteroatoms. The van der Waals surface area contributed by atoms with Gasteiger partial charge in [-0.15, -0.1) is 0 Å². The molecular formula is C25H20F2N4O2S. The smallest absolute Gasteiger partial charge is 0.251 e. The van der Waals surface area contributed by atoms with Crippen LogP contribution in [0.15, 0.2) is 90.3 Å². The molecule has 34 heavy (non-hydrogen) atoms. The number of anilines is 1. The molecule has 0 aliphatic carbocycles. The molecule has 1 heterocycles. The molecule has 0 saturated carbocycles. The van der Waals surface area contributed by atoms with Crippen LogP contribution < -0.4 is 10.6 Å². The number of carbonyl (C=O) groups excluding carboxylic acids is 2. The third kappa shape index (κ3) is 5.87. The molecule has 0 atom stereocenters. The Morgan fingerprint density at radius 2 is 1.74 bits per heavy atom. The molecular weight excluding hydrogens is 458 g/mol. The Morgan fingerprint density at radius 3 is 2.50 bits per heavy atom. The number of nitrogens with zero attached hydrogens (tertiary/aromatic N) is 2. The third-order valence-electron chi connectivity index (χ3n) is 4.85. The van der Waals surface area contributed by atoms with Gasteiger partial charge in [-0.2, -0.15) is 0 Å². The van der Waals surface area contributed by atoms with Crippen molar-refractivity contribution in [1.82, 2.24) is 14.9 Å². The first kappa shape index (κ1) is 23.2. The molecule has 6 nitrogen and oxygen atoms in total. The van der Waals surface area contributed by atoms with E-state index in [4.69, 9.17) is 0 Å². The first-order chi connectivity index (χ1) is 16.5. The van der Waals surface area contributed by atoms with Gasteiger partial charge in [-0.1, -0.05) is 42.1 Å². The normalized spacial score (nSPS) is 10.6. The molecule has 1 aromatic heterocycles. The van der Waals surface area contributed by atoms with Gasteiger partial charge in [0.1, 0.15) is 11.6 Å². The van der Waals surface area contributed by atoms with Crippen molar-refractivity contribution in [3.8, 4) is 5.69 Å². The second kappa shape index (κ2) is 10.8. The fraction of sp³-hybridized carbons (Fsp3) is 0.0800. The Labute approximate surface area is 199 Å². The van der Waals surface area contributed by atoms with Crippen LogP contribution in [0.2, 0.25) is 0 Å². The lowest BCUT2D eigenvalue weighted by molar-refractivity contribution is -0.113. The SMILES string of the molecule is O=C(CSc1nccn1-c1ccc(C(=O)NCc2ccccc2)cc1)Nc1cc(F)ccc1F. The monoisotopic (exact) mass is 478 g/mol. The standard InChI is InChI=1S/C25H20F2N4O2S/c26-19-8-11-21(27)22(14-19)30-23(32)16-34-25-28-12-13-31(25)20-9-6-18(7-10-20)24(33)29-15-17-4-2-1-3-5-17/h1-14H,15-16H2,(H,29,33)(H,30,32). The molecule has 4 rings (SSSR count). The van der Waals surface area contributed by atoms with Crippen molar-refractivity contribution in [2.24, 2.45) is 0 Å². The Balaban J connectivity index is 1.35. The number of imidazole rings is 1. The van der Waals surface area contributed by atoms with Crippen molar-refractivity contribution in [2.45, 2.75) is 11.7 Å². The number of halogens is 2. The van der Waals surface area contributed by atoms with Gasteiger partial charge in [-0.25, -0.2) is 13.8 Å². The maximum absolute atomic E-state index is 13.7. The average molecular weight is 479 g/mol. The quantitative estimate of drug-likeness (QED) is 0.357. The van der Waals surface area contributed by atoms with E-state index >= 15 is 0 Å². The van der Waals surface area contributed by atoms with E-state index in [1.807, 2.05) is 30.3 Å². The molecule has 0 aliphatic rings. The molecule has 0 aliphatic heterocycles. The van der Waals surface area contributed by atoms with Crippen LogP contribution in [0.3, 0.4) is 0 Å². The molecule has 0 fully saturated rings. The Hall–Kier alpha value is -3.98. The van der Waals surface area contributed by atoms with Gasteiger partial charge in [0, 0.05) is 36.3 Å². The fourth-order valence-electron chi connectivity index (χ4n) is 3.16. The minimum Gasteiger partial charge on any atom is -0.348 e. The van der Waals surface area contributed by atoms with Crippen molar-refractivity contribution in [3.05, 3.63) is 108 Å². The predicted molar refractivity (Wildman–Crippen MR) is 127 cm³/mol. The number of thioether (sulfide) groups is 1. The van der Waals surface area contributed by atoms with Crippen LogP contribution >= 0.6 is 11.8 Å². The highest BCUT2D eigenvalue weighted by Crippen LogP contribution is 2.22. The van der Waals surface area contributed by atoms with Crippen LogP contribution in [0.1, 0.15) is 15.9 Å². The summed E-state index contributed by atoms with van der Waals surface area (Å²) in [5.74, 6) is -2.08. The predicted octanol–water partition coefficient (Wildman–Crippen LogP) is 4.81. The van der Waals surface area contributed by atoms with Crippen LogP contribution in [0, 0.1) is 11.6 Å². The number of benzene rings is 3. The van der Waals surface area contributed by atoms with Crippen molar-refractivity contribution in [3.63, 3.8) is 0 Å². The summed E-state index contributed by atoms with van der Waals surface area (Å²) in [4.78, 5) is 28.9. The topological polar surface area (TPSA) is 76.0 Å². The highest BCUT2D eigenvalue weighted by Gasteiger charge is 2.13. The number of amides is 2.